The van der Waals surface area contributed by atoms with Gasteiger partial charge in [-0.25, -0.2) is 9.78 Å². The van der Waals surface area contributed by atoms with Crippen LogP contribution in [0.25, 0.3) is 0 Å². The van der Waals surface area contributed by atoms with Crippen molar-refractivity contribution < 1.29 is 9.90 Å². The summed E-state index contributed by atoms with van der Waals surface area (Å²) >= 11 is 0. The molecule has 0 spiro atoms. The number of carbonyl (C=O) groups is 1. The average Bonchev–Trinajstić information content (AvgIpc) is 2.17. The molecule has 78 valence electrons. The highest BCUT2D eigenvalue weighted by atomic mass is 16.4. The maximum Gasteiger partial charge on any atom is 0.354 e. The van der Waals surface area contributed by atoms with Gasteiger partial charge >= 0.3 is 5.97 Å². The lowest BCUT2D eigenvalue weighted by atomic mass is 10.1. The van der Waals surface area contributed by atoms with E-state index < -0.39 is 5.97 Å². The maximum absolute atomic E-state index is 10.7. The normalized spacial score (nSPS) is 9.20. The molecule has 4 nitrogen and oxygen atoms in total. The van der Waals surface area contributed by atoms with E-state index in [1.165, 1.54) is 6.20 Å². The molecule has 0 radical (unpaired) electrons. The lowest BCUT2D eigenvalue weighted by Gasteiger charge is -1.99. The van der Waals surface area contributed by atoms with Crippen molar-refractivity contribution in [2.24, 2.45) is 0 Å². The number of aromatic nitrogens is 1. The fourth-order valence-corrected chi connectivity index (χ4v) is 1.10. The smallest absolute Gasteiger partial charge is 0.354 e. The highest BCUT2D eigenvalue weighted by Crippen LogP contribution is 2.06. The summed E-state index contributed by atoms with van der Waals surface area (Å²) in [6.45, 7) is 2.30. The van der Waals surface area contributed by atoms with Crippen LogP contribution in [-0.2, 0) is 0 Å². The van der Waals surface area contributed by atoms with Crippen molar-refractivity contribution in [3.8, 4) is 11.8 Å². The predicted molar refractivity (Wildman–Crippen MR) is 56.7 cm³/mol. The number of carboxylic acid groups (broad SMARTS) is 1. The van der Waals surface area contributed by atoms with Crippen molar-refractivity contribution in [2.75, 3.05) is 13.6 Å². The molecule has 0 amide bonds. The van der Waals surface area contributed by atoms with E-state index >= 15 is 0 Å². The maximum atomic E-state index is 10.7. The summed E-state index contributed by atoms with van der Waals surface area (Å²) < 4.78 is 0. The Balaban J connectivity index is 2.93. The number of rotatable bonds is 2. The first-order chi connectivity index (χ1) is 7.15. The summed E-state index contributed by atoms with van der Waals surface area (Å²) in [6, 6.07) is 1.72. The molecule has 0 fully saturated rings. The van der Waals surface area contributed by atoms with Crippen LogP contribution < -0.4 is 5.32 Å². The van der Waals surface area contributed by atoms with Crippen molar-refractivity contribution in [3.63, 3.8) is 0 Å². The van der Waals surface area contributed by atoms with Crippen molar-refractivity contribution in [3.05, 3.63) is 29.1 Å². The van der Waals surface area contributed by atoms with Gasteiger partial charge in [0.15, 0.2) is 5.69 Å². The Hall–Kier alpha value is -1.86. The lowest BCUT2D eigenvalue weighted by molar-refractivity contribution is 0.0689. The third kappa shape index (κ3) is 3.08. The second-order valence-corrected chi connectivity index (χ2v) is 3.03. The fourth-order valence-electron chi connectivity index (χ4n) is 1.10. The van der Waals surface area contributed by atoms with E-state index in [1.807, 2.05) is 7.05 Å². The third-order valence-corrected chi connectivity index (χ3v) is 1.78. The lowest BCUT2D eigenvalue weighted by Crippen LogP contribution is -2.05. The zero-order valence-corrected chi connectivity index (χ0v) is 8.66. The Labute approximate surface area is 88.3 Å². The van der Waals surface area contributed by atoms with Gasteiger partial charge in [0.2, 0.25) is 0 Å². The van der Waals surface area contributed by atoms with Gasteiger partial charge in [-0.1, -0.05) is 11.8 Å². The number of aryl methyl sites for hydroxylation is 1. The van der Waals surface area contributed by atoms with Crippen LogP contribution in [0.15, 0.2) is 12.3 Å². The molecule has 0 unspecified atom stereocenters. The molecule has 0 saturated heterocycles. The van der Waals surface area contributed by atoms with Gasteiger partial charge in [0.05, 0.1) is 6.54 Å². The minimum atomic E-state index is -1.01. The van der Waals surface area contributed by atoms with Crippen LogP contribution in [0.2, 0.25) is 0 Å². The largest absolute Gasteiger partial charge is 0.477 e. The average molecular weight is 204 g/mol. The molecule has 0 atom stereocenters. The number of hydrogen-bond acceptors (Lipinski definition) is 3. The van der Waals surface area contributed by atoms with Crippen molar-refractivity contribution in [1.82, 2.24) is 10.3 Å². The van der Waals surface area contributed by atoms with Gasteiger partial charge in [-0.05, 0) is 25.6 Å². The van der Waals surface area contributed by atoms with Gasteiger partial charge in [0.1, 0.15) is 0 Å². The Morgan fingerprint density at radius 2 is 2.40 bits per heavy atom. The first kappa shape index (κ1) is 11.2. The number of nitrogens with zero attached hydrogens (tertiary/aromatic N) is 1. The molecule has 1 aromatic rings. The standard InChI is InChI=1S/C11H12N2O2/c1-8-6-9(4-3-5-12-2)7-13-10(8)11(14)15/h6-7,12H,5H2,1-2H3,(H,14,15). The van der Waals surface area contributed by atoms with Crippen LogP contribution in [0.1, 0.15) is 21.6 Å². The Bertz CT molecular complexity index is 430. The number of pyridine rings is 1. The van der Waals surface area contributed by atoms with E-state index in [9.17, 15) is 4.79 Å². The van der Waals surface area contributed by atoms with Gasteiger partial charge < -0.3 is 10.4 Å². The van der Waals surface area contributed by atoms with Gasteiger partial charge in [-0.15, -0.1) is 0 Å². The van der Waals surface area contributed by atoms with E-state index in [0.717, 1.165) is 5.56 Å². The molecule has 1 heterocycles. The Kier molecular flexibility index (Phi) is 3.83. The van der Waals surface area contributed by atoms with E-state index in [-0.39, 0.29) is 5.69 Å². The van der Waals surface area contributed by atoms with Crippen LogP contribution in [0.3, 0.4) is 0 Å². The number of nitrogens with one attached hydrogen (secondary N) is 1. The van der Waals surface area contributed by atoms with Gasteiger partial charge in [0.25, 0.3) is 0 Å². The molecule has 2 N–H and O–H groups in total. The summed E-state index contributed by atoms with van der Waals surface area (Å²) in [4.78, 5) is 14.5. The summed E-state index contributed by atoms with van der Waals surface area (Å²) in [5, 5.41) is 11.7. The van der Waals surface area contributed by atoms with E-state index in [4.69, 9.17) is 5.11 Å². The first-order valence-corrected chi connectivity index (χ1v) is 4.48. The van der Waals surface area contributed by atoms with Crippen LogP contribution in [0.5, 0.6) is 0 Å². The summed E-state index contributed by atoms with van der Waals surface area (Å²) in [5.74, 6) is 4.75. The predicted octanol–water partition coefficient (Wildman–Crippen LogP) is 0.659. The van der Waals surface area contributed by atoms with Crippen LogP contribution in [-0.4, -0.2) is 29.7 Å². The molecule has 1 rings (SSSR count). The van der Waals surface area contributed by atoms with Crippen LogP contribution >= 0.6 is 0 Å². The molecule has 0 aliphatic heterocycles. The van der Waals surface area contributed by atoms with E-state index in [1.54, 1.807) is 13.0 Å². The second-order valence-electron chi connectivity index (χ2n) is 3.03. The highest BCUT2D eigenvalue weighted by Gasteiger charge is 2.07. The topological polar surface area (TPSA) is 62.2 Å². The highest BCUT2D eigenvalue weighted by molar-refractivity contribution is 5.87. The molecular weight excluding hydrogens is 192 g/mol. The molecule has 0 saturated carbocycles. The first-order valence-electron chi connectivity index (χ1n) is 4.48. The van der Waals surface area contributed by atoms with Crippen molar-refractivity contribution >= 4 is 5.97 Å². The fraction of sp³-hybridized carbons (Fsp3) is 0.273. The summed E-state index contributed by atoms with van der Waals surface area (Å²) in [7, 11) is 1.81. The molecule has 1 aromatic heterocycles. The van der Waals surface area contributed by atoms with Gasteiger partial charge in [0, 0.05) is 11.8 Å². The monoisotopic (exact) mass is 204 g/mol. The van der Waals surface area contributed by atoms with Crippen molar-refractivity contribution in [1.29, 1.82) is 0 Å². The number of aromatic carboxylic acids is 1. The molecule has 0 aliphatic carbocycles. The number of carboxylic acids is 1. The molecule has 4 heteroatoms. The minimum Gasteiger partial charge on any atom is -0.477 e. The van der Waals surface area contributed by atoms with Crippen molar-refractivity contribution in [2.45, 2.75) is 6.92 Å². The zero-order chi connectivity index (χ0) is 11.3. The molecule has 0 aliphatic rings. The zero-order valence-electron chi connectivity index (χ0n) is 8.66. The Morgan fingerprint density at radius 1 is 1.67 bits per heavy atom. The van der Waals surface area contributed by atoms with E-state index in [2.05, 4.69) is 22.1 Å². The molecule has 0 aromatic carbocycles. The molecule has 0 bridgehead atoms. The quantitative estimate of drug-likeness (QED) is 0.695. The van der Waals surface area contributed by atoms with E-state index in [0.29, 0.717) is 12.1 Å². The number of hydrogen-bond donors (Lipinski definition) is 2. The molecular formula is C11H12N2O2. The third-order valence-electron chi connectivity index (χ3n) is 1.78. The van der Waals surface area contributed by atoms with Crippen LogP contribution in [0.4, 0.5) is 0 Å². The SMILES string of the molecule is CNCC#Cc1cnc(C(=O)O)c(C)c1. The van der Waals surface area contributed by atoms with Gasteiger partial charge in [-0.2, -0.15) is 0 Å². The van der Waals surface area contributed by atoms with Gasteiger partial charge in [-0.3, -0.25) is 0 Å². The minimum absolute atomic E-state index is 0.0779. The summed E-state index contributed by atoms with van der Waals surface area (Å²) in [5.41, 5.74) is 1.43. The summed E-state index contributed by atoms with van der Waals surface area (Å²) in [6.07, 6.45) is 1.47. The Morgan fingerprint density at radius 3 is 2.93 bits per heavy atom. The van der Waals surface area contributed by atoms with Crippen LogP contribution in [0, 0.1) is 18.8 Å². The molecule has 15 heavy (non-hydrogen) atoms. The second kappa shape index (κ2) is 5.13.